The summed E-state index contributed by atoms with van der Waals surface area (Å²) < 4.78 is 7.84. The highest BCUT2D eigenvalue weighted by Crippen LogP contribution is 2.27. The van der Waals surface area contributed by atoms with E-state index >= 15 is 0 Å². The van der Waals surface area contributed by atoms with Crippen LogP contribution in [0.3, 0.4) is 0 Å². The lowest BCUT2D eigenvalue weighted by Gasteiger charge is -2.43. The van der Waals surface area contributed by atoms with E-state index < -0.39 is 0 Å². The molecule has 0 radical (unpaired) electrons. The molecule has 20 heavy (non-hydrogen) atoms. The van der Waals surface area contributed by atoms with E-state index in [1.807, 2.05) is 13.0 Å². The second-order valence-electron chi connectivity index (χ2n) is 5.76. The van der Waals surface area contributed by atoms with E-state index in [2.05, 4.69) is 49.7 Å². The molecule has 0 aliphatic carbocycles. The molecular weight excluding hydrogens is 322 g/mol. The summed E-state index contributed by atoms with van der Waals surface area (Å²) in [5, 5.41) is 5.10. The molecule has 0 N–H and O–H groups in total. The molecule has 0 bridgehead atoms. The summed E-state index contributed by atoms with van der Waals surface area (Å²) in [6, 6.07) is 2.05. The number of anilines is 1. The fourth-order valence-electron chi connectivity index (χ4n) is 2.69. The number of hydrogen-bond acceptors (Lipinski definition) is 5. The normalized spacial score (nSPS) is 22.4. The highest BCUT2D eigenvalue weighted by atomic mass is 79.9. The SMILES string of the molecule is Cc1cc(N2CC(CBr)OC(C)(C)C2)n2ncnc2n1. The minimum atomic E-state index is -0.194. The van der Waals surface area contributed by atoms with Gasteiger partial charge in [-0.25, -0.2) is 4.98 Å². The van der Waals surface area contributed by atoms with Crippen LogP contribution in [-0.4, -0.2) is 49.7 Å². The fraction of sp³-hybridized carbons (Fsp3) is 0.615. The van der Waals surface area contributed by atoms with E-state index in [1.54, 1.807) is 10.8 Å². The average molecular weight is 340 g/mol. The van der Waals surface area contributed by atoms with Gasteiger partial charge < -0.3 is 9.64 Å². The molecule has 0 aromatic carbocycles. The average Bonchev–Trinajstić information content (AvgIpc) is 2.83. The summed E-state index contributed by atoms with van der Waals surface area (Å²) in [6.45, 7) is 7.84. The maximum Gasteiger partial charge on any atom is 0.254 e. The van der Waals surface area contributed by atoms with Crippen LogP contribution in [0.25, 0.3) is 5.78 Å². The first kappa shape index (κ1) is 13.8. The van der Waals surface area contributed by atoms with E-state index in [-0.39, 0.29) is 11.7 Å². The summed E-state index contributed by atoms with van der Waals surface area (Å²) in [5.41, 5.74) is 0.751. The highest BCUT2D eigenvalue weighted by molar-refractivity contribution is 9.09. The summed E-state index contributed by atoms with van der Waals surface area (Å²) in [6.07, 6.45) is 1.70. The van der Waals surface area contributed by atoms with E-state index in [4.69, 9.17) is 4.74 Å². The number of morpholine rings is 1. The number of hydrogen-bond donors (Lipinski definition) is 0. The molecule has 1 aliphatic heterocycles. The van der Waals surface area contributed by atoms with E-state index in [0.717, 1.165) is 29.9 Å². The summed E-state index contributed by atoms with van der Waals surface area (Å²) in [7, 11) is 0. The Balaban J connectivity index is 2.03. The Bertz CT molecular complexity index is 626. The predicted octanol–water partition coefficient (Wildman–Crippen LogP) is 1.81. The van der Waals surface area contributed by atoms with Gasteiger partial charge in [-0.2, -0.15) is 14.6 Å². The molecule has 1 atom stereocenters. The van der Waals surface area contributed by atoms with Crippen LogP contribution in [-0.2, 0) is 4.74 Å². The molecule has 0 spiro atoms. The number of fused-ring (bicyclic) bond motifs is 1. The first-order valence-corrected chi connectivity index (χ1v) is 7.77. The number of aryl methyl sites for hydroxylation is 1. The minimum Gasteiger partial charge on any atom is -0.368 e. The Morgan fingerprint density at radius 3 is 3.05 bits per heavy atom. The molecule has 1 unspecified atom stereocenters. The van der Waals surface area contributed by atoms with Crippen LogP contribution in [0.4, 0.5) is 5.82 Å². The number of alkyl halides is 1. The summed E-state index contributed by atoms with van der Waals surface area (Å²) in [5.74, 6) is 1.66. The van der Waals surface area contributed by atoms with Crippen LogP contribution in [0.15, 0.2) is 12.4 Å². The van der Waals surface area contributed by atoms with Crippen molar-refractivity contribution in [3.8, 4) is 0 Å². The van der Waals surface area contributed by atoms with Crippen LogP contribution < -0.4 is 4.90 Å². The van der Waals surface area contributed by atoms with Crippen LogP contribution in [0, 0.1) is 6.92 Å². The van der Waals surface area contributed by atoms with E-state index in [0.29, 0.717) is 5.78 Å². The van der Waals surface area contributed by atoms with Gasteiger partial charge in [0.2, 0.25) is 0 Å². The fourth-order valence-corrected chi connectivity index (χ4v) is 3.02. The molecule has 7 heteroatoms. The standard InChI is InChI=1S/C13H18BrN5O/c1-9-4-11(19-12(17-9)15-8-16-19)18-6-10(5-14)20-13(2,3)7-18/h4,8,10H,5-7H2,1-3H3. The molecule has 1 saturated heterocycles. The Hall–Kier alpha value is -1.21. The molecule has 2 aromatic rings. The van der Waals surface area contributed by atoms with E-state index in [9.17, 15) is 0 Å². The smallest absolute Gasteiger partial charge is 0.254 e. The number of nitrogens with zero attached hydrogens (tertiary/aromatic N) is 5. The molecule has 2 aromatic heterocycles. The van der Waals surface area contributed by atoms with Crippen LogP contribution in [0.5, 0.6) is 0 Å². The molecule has 1 fully saturated rings. The van der Waals surface area contributed by atoms with Gasteiger partial charge in [-0.15, -0.1) is 0 Å². The third-order valence-electron chi connectivity index (χ3n) is 3.34. The van der Waals surface area contributed by atoms with Gasteiger partial charge in [0, 0.05) is 30.2 Å². The molecule has 0 saturated carbocycles. The minimum absolute atomic E-state index is 0.158. The second kappa shape index (κ2) is 4.96. The maximum atomic E-state index is 6.05. The molecule has 108 valence electrons. The zero-order chi connectivity index (χ0) is 14.3. The Kier molecular flexibility index (Phi) is 3.41. The van der Waals surface area contributed by atoms with Gasteiger partial charge in [0.05, 0.1) is 11.7 Å². The zero-order valence-corrected chi connectivity index (χ0v) is 13.5. The molecular formula is C13H18BrN5O. The lowest BCUT2D eigenvalue weighted by Crippen LogP contribution is -2.54. The van der Waals surface area contributed by atoms with E-state index in [1.165, 1.54) is 0 Å². The number of halogens is 1. The molecule has 3 rings (SSSR count). The monoisotopic (exact) mass is 339 g/mol. The number of aromatic nitrogens is 4. The van der Waals surface area contributed by atoms with Crippen molar-refractivity contribution in [1.29, 1.82) is 0 Å². The van der Waals surface area contributed by atoms with Gasteiger partial charge in [-0.3, -0.25) is 0 Å². The van der Waals surface area contributed by atoms with Crippen molar-refractivity contribution < 1.29 is 4.74 Å². The molecule has 1 aliphatic rings. The molecule has 0 amide bonds. The van der Waals surface area contributed by atoms with Gasteiger partial charge in [-0.1, -0.05) is 15.9 Å². The van der Waals surface area contributed by atoms with Crippen LogP contribution in [0.1, 0.15) is 19.5 Å². The van der Waals surface area contributed by atoms with Gasteiger partial charge in [0.15, 0.2) is 0 Å². The first-order chi connectivity index (χ1) is 9.48. The third kappa shape index (κ3) is 2.52. The van der Waals surface area contributed by atoms with Gasteiger partial charge in [-0.05, 0) is 20.8 Å². The number of rotatable bonds is 2. The van der Waals surface area contributed by atoms with Gasteiger partial charge in [0.1, 0.15) is 12.1 Å². The van der Waals surface area contributed by atoms with Crippen molar-refractivity contribution in [2.45, 2.75) is 32.5 Å². The van der Waals surface area contributed by atoms with Crippen molar-refractivity contribution in [2.75, 3.05) is 23.3 Å². The second-order valence-corrected chi connectivity index (χ2v) is 6.41. The largest absolute Gasteiger partial charge is 0.368 e. The first-order valence-electron chi connectivity index (χ1n) is 6.64. The predicted molar refractivity (Wildman–Crippen MR) is 80.5 cm³/mol. The van der Waals surface area contributed by atoms with Crippen molar-refractivity contribution in [3.05, 3.63) is 18.1 Å². The Morgan fingerprint density at radius 1 is 1.50 bits per heavy atom. The lowest BCUT2D eigenvalue weighted by atomic mass is 10.1. The molecule has 6 nitrogen and oxygen atoms in total. The lowest BCUT2D eigenvalue weighted by molar-refractivity contribution is -0.0726. The van der Waals surface area contributed by atoms with Crippen molar-refractivity contribution in [2.24, 2.45) is 0 Å². The van der Waals surface area contributed by atoms with Gasteiger partial charge in [0.25, 0.3) is 5.78 Å². The van der Waals surface area contributed by atoms with Gasteiger partial charge >= 0.3 is 0 Å². The maximum absolute atomic E-state index is 6.05. The van der Waals surface area contributed by atoms with Crippen LogP contribution >= 0.6 is 15.9 Å². The summed E-state index contributed by atoms with van der Waals surface area (Å²) in [4.78, 5) is 10.9. The zero-order valence-electron chi connectivity index (χ0n) is 11.9. The van der Waals surface area contributed by atoms with Crippen molar-refractivity contribution in [1.82, 2.24) is 19.6 Å². The topological polar surface area (TPSA) is 55.6 Å². The molecule has 3 heterocycles. The summed E-state index contributed by atoms with van der Waals surface area (Å²) >= 11 is 3.52. The Morgan fingerprint density at radius 2 is 2.30 bits per heavy atom. The third-order valence-corrected chi connectivity index (χ3v) is 4.06. The quantitative estimate of drug-likeness (QED) is 0.781. The van der Waals surface area contributed by atoms with Crippen molar-refractivity contribution in [3.63, 3.8) is 0 Å². The number of ether oxygens (including phenoxy) is 1. The van der Waals surface area contributed by atoms with Crippen LogP contribution in [0.2, 0.25) is 0 Å². The van der Waals surface area contributed by atoms with Crippen molar-refractivity contribution >= 4 is 27.5 Å². The highest BCUT2D eigenvalue weighted by Gasteiger charge is 2.34. The Labute approximate surface area is 126 Å².